The van der Waals surface area contributed by atoms with Crippen LogP contribution in [0.3, 0.4) is 0 Å². The molecule has 0 saturated heterocycles. The van der Waals surface area contributed by atoms with Gasteiger partial charge in [0.05, 0.1) is 0 Å². The lowest BCUT2D eigenvalue weighted by Gasteiger charge is -2.15. The van der Waals surface area contributed by atoms with E-state index in [1.54, 1.807) is 42.5 Å². The number of amides is 2. The second-order valence-electron chi connectivity index (χ2n) is 5.48. The van der Waals surface area contributed by atoms with Crippen LogP contribution in [0, 0.1) is 6.92 Å². The maximum absolute atomic E-state index is 12.1. The van der Waals surface area contributed by atoms with E-state index in [9.17, 15) is 14.4 Å². The molecular weight excluding hydrogens is 320 g/mol. The average Bonchev–Trinajstić information content (AvgIpc) is 2.62. The highest BCUT2D eigenvalue weighted by molar-refractivity contribution is 5.97. The molecule has 6 nitrogen and oxygen atoms in total. The van der Waals surface area contributed by atoms with E-state index in [-0.39, 0.29) is 12.5 Å². The van der Waals surface area contributed by atoms with Crippen molar-refractivity contribution < 1.29 is 19.1 Å². The lowest BCUT2D eigenvalue weighted by molar-refractivity contribution is -0.152. The Bertz CT molecular complexity index is 759. The van der Waals surface area contributed by atoms with E-state index in [4.69, 9.17) is 4.74 Å². The molecular formula is C19H20N2O4. The molecule has 130 valence electrons. The molecule has 6 heteroatoms. The van der Waals surface area contributed by atoms with Crippen molar-refractivity contribution >= 4 is 23.5 Å². The van der Waals surface area contributed by atoms with Gasteiger partial charge in [0.25, 0.3) is 11.8 Å². The Hall–Kier alpha value is -3.15. The quantitative estimate of drug-likeness (QED) is 0.790. The molecule has 0 heterocycles. The van der Waals surface area contributed by atoms with Crippen LogP contribution >= 0.6 is 0 Å². The molecule has 0 aliphatic carbocycles. The molecule has 2 N–H and O–H groups in total. The van der Waals surface area contributed by atoms with Gasteiger partial charge in [-0.15, -0.1) is 0 Å². The van der Waals surface area contributed by atoms with Crippen LogP contribution in [0.1, 0.15) is 22.8 Å². The summed E-state index contributed by atoms with van der Waals surface area (Å²) in [4.78, 5) is 35.7. The number of hydrogen-bond donors (Lipinski definition) is 2. The molecule has 2 aromatic carbocycles. The Morgan fingerprint density at radius 2 is 1.64 bits per heavy atom. The van der Waals surface area contributed by atoms with Crippen molar-refractivity contribution in [3.63, 3.8) is 0 Å². The largest absolute Gasteiger partial charge is 0.451 e. The van der Waals surface area contributed by atoms with Crippen molar-refractivity contribution in [3.05, 3.63) is 65.7 Å². The second-order valence-corrected chi connectivity index (χ2v) is 5.48. The van der Waals surface area contributed by atoms with E-state index >= 15 is 0 Å². The minimum Gasteiger partial charge on any atom is -0.451 e. The molecule has 0 aromatic heterocycles. The maximum Gasteiger partial charge on any atom is 0.326 e. The molecule has 0 saturated carbocycles. The highest BCUT2D eigenvalue weighted by atomic mass is 16.5. The topological polar surface area (TPSA) is 84.5 Å². The summed E-state index contributed by atoms with van der Waals surface area (Å²) >= 11 is 0. The minimum absolute atomic E-state index is 0.310. The Labute approximate surface area is 146 Å². The fourth-order valence-corrected chi connectivity index (χ4v) is 2.08. The third kappa shape index (κ3) is 5.46. The highest BCUT2D eigenvalue weighted by Crippen LogP contribution is 2.13. The summed E-state index contributed by atoms with van der Waals surface area (Å²) in [5.74, 6) is -1.50. The van der Waals surface area contributed by atoms with Gasteiger partial charge in [0, 0.05) is 11.3 Å². The molecule has 0 bridgehead atoms. The van der Waals surface area contributed by atoms with Crippen LogP contribution in [0.4, 0.5) is 5.69 Å². The summed E-state index contributed by atoms with van der Waals surface area (Å²) in [6.45, 7) is 3.03. The number of ether oxygens (including phenoxy) is 1. The summed E-state index contributed by atoms with van der Waals surface area (Å²) < 4.78 is 5.04. The van der Waals surface area contributed by atoms with Crippen LogP contribution in [-0.2, 0) is 14.3 Å². The standard InChI is InChI=1S/C19H20N2O4/c1-13-8-6-7-11-16(13)21-18(23)14(2)25-17(22)12-20-19(24)15-9-4-3-5-10-15/h3-11,14H,12H2,1-2H3,(H,20,24)(H,21,23)/t14-/m0/s1. The van der Waals surface area contributed by atoms with E-state index in [0.717, 1.165) is 5.56 Å². The monoisotopic (exact) mass is 340 g/mol. The number of anilines is 1. The van der Waals surface area contributed by atoms with Gasteiger partial charge in [-0.1, -0.05) is 36.4 Å². The zero-order valence-corrected chi connectivity index (χ0v) is 14.1. The first-order valence-corrected chi connectivity index (χ1v) is 7.86. The van der Waals surface area contributed by atoms with E-state index in [0.29, 0.717) is 11.3 Å². The van der Waals surface area contributed by atoms with Crippen LogP contribution in [0.25, 0.3) is 0 Å². The molecule has 25 heavy (non-hydrogen) atoms. The molecule has 1 atom stereocenters. The third-order valence-corrected chi connectivity index (χ3v) is 3.51. The lowest BCUT2D eigenvalue weighted by Crippen LogP contribution is -2.35. The van der Waals surface area contributed by atoms with Crippen molar-refractivity contribution in [3.8, 4) is 0 Å². The van der Waals surface area contributed by atoms with Crippen LogP contribution < -0.4 is 10.6 Å². The SMILES string of the molecule is Cc1ccccc1NC(=O)[C@H](C)OC(=O)CNC(=O)c1ccccc1. The van der Waals surface area contributed by atoms with Crippen LogP contribution in [0.15, 0.2) is 54.6 Å². The Morgan fingerprint density at radius 1 is 1.00 bits per heavy atom. The molecule has 0 aliphatic heterocycles. The van der Waals surface area contributed by atoms with E-state index < -0.39 is 18.0 Å². The predicted molar refractivity (Wildman–Crippen MR) is 94.1 cm³/mol. The number of hydrogen-bond acceptors (Lipinski definition) is 4. The summed E-state index contributed by atoms with van der Waals surface area (Å²) in [6, 6.07) is 15.8. The van der Waals surface area contributed by atoms with Crippen molar-refractivity contribution in [2.75, 3.05) is 11.9 Å². The van der Waals surface area contributed by atoms with Gasteiger partial charge in [-0.3, -0.25) is 14.4 Å². The number of aryl methyl sites for hydroxylation is 1. The minimum atomic E-state index is -0.972. The van der Waals surface area contributed by atoms with Crippen molar-refractivity contribution in [2.24, 2.45) is 0 Å². The summed E-state index contributed by atoms with van der Waals surface area (Å²) in [6.07, 6.45) is -0.972. The first kappa shape index (κ1) is 18.2. The van der Waals surface area contributed by atoms with Crippen molar-refractivity contribution in [1.82, 2.24) is 5.32 Å². The number of carbonyl (C=O) groups is 3. The van der Waals surface area contributed by atoms with E-state index in [1.807, 2.05) is 19.1 Å². The zero-order valence-electron chi connectivity index (χ0n) is 14.1. The zero-order chi connectivity index (χ0) is 18.2. The van der Waals surface area contributed by atoms with Gasteiger partial charge in [-0.05, 0) is 37.6 Å². The molecule has 2 aromatic rings. The second kappa shape index (κ2) is 8.63. The fourth-order valence-electron chi connectivity index (χ4n) is 2.08. The van der Waals surface area contributed by atoms with Gasteiger partial charge in [-0.25, -0.2) is 0 Å². The fraction of sp³-hybridized carbons (Fsp3) is 0.211. The van der Waals surface area contributed by atoms with Crippen LogP contribution in [-0.4, -0.2) is 30.4 Å². The van der Waals surface area contributed by atoms with E-state index in [2.05, 4.69) is 10.6 Å². The maximum atomic E-state index is 12.1. The number of nitrogens with one attached hydrogen (secondary N) is 2. The van der Waals surface area contributed by atoms with Gasteiger partial charge in [0.15, 0.2) is 6.10 Å². The van der Waals surface area contributed by atoms with Gasteiger partial charge in [-0.2, -0.15) is 0 Å². The number of benzene rings is 2. The Balaban J connectivity index is 1.80. The van der Waals surface area contributed by atoms with Crippen LogP contribution in [0.5, 0.6) is 0 Å². The molecule has 0 fully saturated rings. The average molecular weight is 340 g/mol. The molecule has 0 unspecified atom stereocenters. The van der Waals surface area contributed by atoms with Crippen molar-refractivity contribution in [2.45, 2.75) is 20.0 Å². The molecule has 2 rings (SSSR count). The summed E-state index contributed by atoms with van der Waals surface area (Å²) in [7, 11) is 0. The number of rotatable bonds is 6. The van der Waals surface area contributed by atoms with Gasteiger partial charge in [0.2, 0.25) is 0 Å². The highest BCUT2D eigenvalue weighted by Gasteiger charge is 2.19. The number of esters is 1. The van der Waals surface area contributed by atoms with E-state index in [1.165, 1.54) is 6.92 Å². The summed E-state index contributed by atoms with van der Waals surface area (Å²) in [5.41, 5.74) is 2.01. The van der Waals surface area contributed by atoms with Gasteiger partial charge < -0.3 is 15.4 Å². The molecule has 2 amide bonds. The number of carbonyl (C=O) groups excluding carboxylic acids is 3. The van der Waals surface area contributed by atoms with Crippen LogP contribution in [0.2, 0.25) is 0 Å². The lowest BCUT2D eigenvalue weighted by atomic mass is 10.2. The first-order chi connectivity index (χ1) is 12.0. The molecule has 0 spiro atoms. The third-order valence-electron chi connectivity index (χ3n) is 3.51. The van der Waals surface area contributed by atoms with Gasteiger partial charge in [0.1, 0.15) is 6.54 Å². The predicted octanol–water partition coefficient (Wildman–Crippen LogP) is 2.30. The smallest absolute Gasteiger partial charge is 0.326 e. The van der Waals surface area contributed by atoms with Gasteiger partial charge >= 0.3 is 5.97 Å². The first-order valence-electron chi connectivity index (χ1n) is 7.86. The normalized spacial score (nSPS) is 11.3. The number of para-hydroxylation sites is 1. The Kier molecular flexibility index (Phi) is 6.28. The Morgan fingerprint density at radius 3 is 2.32 bits per heavy atom. The summed E-state index contributed by atoms with van der Waals surface area (Å²) in [5, 5.41) is 5.16. The molecule has 0 aliphatic rings. The molecule has 0 radical (unpaired) electrons. The van der Waals surface area contributed by atoms with Crippen molar-refractivity contribution in [1.29, 1.82) is 0 Å².